The number of halogens is 1. The van der Waals surface area contributed by atoms with Crippen molar-refractivity contribution in [2.24, 2.45) is 5.73 Å². The van der Waals surface area contributed by atoms with Gasteiger partial charge in [-0.15, -0.1) is 0 Å². The van der Waals surface area contributed by atoms with Gasteiger partial charge in [0.1, 0.15) is 0 Å². The zero-order valence-corrected chi connectivity index (χ0v) is 12.3. The monoisotopic (exact) mass is 307 g/mol. The molecule has 1 aromatic carbocycles. The number of carbonyl (C=O) groups excluding carboxylic acids is 1. The molecule has 7 heteroatoms. The van der Waals surface area contributed by atoms with Gasteiger partial charge in [0.15, 0.2) is 0 Å². The molecule has 2 aromatic rings. The quantitative estimate of drug-likeness (QED) is 0.924. The highest BCUT2D eigenvalue weighted by Gasteiger charge is 2.11. The smallest absolute Gasteiger partial charge is 0.299 e. The van der Waals surface area contributed by atoms with Crippen molar-refractivity contribution < 1.29 is 9.53 Å². The van der Waals surface area contributed by atoms with Gasteiger partial charge in [-0.05, 0) is 24.6 Å². The number of amides is 1. The highest BCUT2D eigenvalue weighted by atomic mass is 35.5. The van der Waals surface area contributed by atoms with Crippen molar-refractivity contribution in [2.75, 3.05) is 7.11 Å². The van der Waals surface area contributed by atoms with Gasteiger partial charge in [0.25, 0.3) is 11.6 Å². The van der Waals surface area contributed by atoms with Gasteiger partial charge in [-0.25, -0.2) is 4.98 Å². The van der Waals surface area contributed by atoms with Crippen LogP contribution in [0.4, 0.5) is 0 Å². The van der Waals surface area contributed by atoms with Crippen LogP contribution < -0.4 is 16.0 Å². The van der Waals surface area contributed by atoms with Crippen molar-refractivity contribution in [1.82, 2.24) is 9.55 Å². The van der Waals surface area contributed by atoms with Gasteiger partial charge >= 0.3 is 0 Å². The van der Waals surface area contributed by atoms with Gasteiger partial charge in [0.05, 0.1) is 13.7 Å². The molecule has 0 aliphatic carbocycles. The molecule has 0 saturated heterocycles. The minimum Gasteiger partial charge on any atom is -0.468 e. The zero-order valence-electron chi connectivity index (χ0n) is 11.6. The lowest BCUT2D eigenvalue weighted by Crippen LogP contribution is -2.23. The normalized spacial score (nSPS) is 10.4. The Labute approximate surface area is 126 Å². The van der Waals surface area contributed by atoms with Gasteiger partial charge in [-0.1, -0.05) is 17.7 Å². The maximum atomic E-state index is 12.0. The number of hydrogen-bond acceptors (Lipinski definition) is 4. The van der Waals surface area contributed by atoms with E-state index in [2.05, 4.69) is 4.98 Å². The fraction of sp³-hybridized carbons (Fsp3) is 0.214. The van der Waals surface area contributed by atoms with E-state index in [1.54, 1.807) is 19.1 Å². The van der Waals surface area contributed by atoms with Crippen LogP contribution in [0.2, 0.25) is 5.02 Å². The Morgan fingerprint density at radius 2 is 2.14 bits per heavy atom. The average molecular weight is 308 g/mol. The van der Waals surface area contributed by atoms with Gasteiger partial charge in [-0.3, -0.25) is 14.2 Å². The zero-order chi connectivity index (χ0) is 15.6. The van der Waals surface area contributed by atoms with E-state index in [1.807, 2.05) is 0 Å². The summed E-state index contributed by atoms with van der Waals surface area (Å²) < 4.78 is 6.47. The highest BCUT2D eigenvalue weighted by molar-refractivity contribution is 6.31. The van der Waals surface area contributed by atoms with E-state index >= 15 is 0 Å². The third kappa shape index (κ3) is 3.22. The molecular formula is C14H14ClN3O3. The second kappa shape index (κ2) is 5.97. The third-order valence-corrected chi connectivity index (χ3v) is 3.30. The molecule has 2 N–H and O–H groups in total. The van der Waals surface area contributed by atoms with Gasteiger partial charge in [-0.2, -0.15) is 0 Å². The first-order chi connectivity index (χ1) is 9.92. The number of aryl methyl sites for hydroxylation is 1. The summed E-state index contributed by atoms with van der Waals surface area (Å²) in [5.74, 6) is -0.560. The van der Waals surface area contributed by atoms with Gasteiger partial charge in [0, 0.05) is 22.3 Å². The summed E-state index contributed by atoms with van der Waals surface area (Å²) in [7, 11) is 1.44. The van der Waals surface area contributed by atoms with Crippen molar-refractivity contribution in [2.45, 2.75) is 13.5 Å². The second-order valence-corrected chi connectivity index (χ2v) is 4.89. The topological polar surface area (TPSA) is 87.2 Å². The van der Waals surface area contributed by atoms with Gasteiger partial charge in [0.2, 0.25) is 5.91 Å². The number of benzene rings is 1. The van der Waals surface area contributed by atoms with Crippen molar-refractivity contribution in [1.29, 1.82) is 0 Å². The van der Waals surface area contributed by atoms with Crippen LogP contribution in [0.5, 0.6) is 6.01 Å². The average Bonchev–Trinajstić information content (AvgIpc) is 2.42. The molecule has 0 saturated carbocycles. The fourth-order valence-electron chi connectivity index (χ4n) is 1.89. The van der Waals surface area contributed by atoms with E-state index < -0.39 is 5.91 Å². The number of nitrogens with two attached hydrogens (primary N) is 1. The summed E-state index contributed by atoms with van der Waals surface area (Å²) in [6.45, 7) is 1.90. The first kappa shape index (κ1) is 15.1. The Morgan fingerprint density at radius 1 is 1.43 bits per heavy atom. The SMILES string of the molecule is COc1nc(C)cc(=O)n1Cc1ccc(C(N)=O)cc1Cl. The van der Waals surface area contributed by atoms with Crippen LogP contribution in [0.3, 0.4) is 0 Å². The number of aromatic nitrogens is 2. The van der Waals surface area contributed by atoms with Crippen LogP contribution in [0.25, 0.3) is 0 Å². The van der Waals surface area contributed by atoms with Crippen LogP contribution in [-0.2, 0) is 6.54 Å². The van der Waals surface area contributed by atoms with E-state index in [4.69, 9.17) is 22.1 Å². The summed E-state index contributed by atoms with van der Waals surface area (Å²) in [6.07, 6.45) is 0. The molecule has 0 fully saturated rings. The standard InChI is InChI=1S/C14H14ClN3O3/c1-8-5-12(19)18(14(17-8)21-2)7-10-4-3-9(13(16)20)6-11(10)15/h3-6H,7H2,1-2H3,(H2,16,20). The Balaban J connectivity index is 2.43. The summed E-state index contributed by atoms with van der Waals surface area (Å²) in [5.41, 5.74) is 6.49. The molecule has 0 bridgehead atoms. The van der Waals surface area contributed by atoms with Crippen LogP contribution in [-0.4, -0.2) is 22.6 Å². The van der Waals surface area contributed by atoms with E-state index in [9.17, 15) is 9.59 Å². The lowest BCUT2D eigenvalue weighted by molar-refractivity contribution is 0.100. The molecule has 0 aliphatic heterocycles. The molecule has 21 heavy (non-hydrogen) atoms. The fourth-order valence-corrected chi connectivity index (χ4v) is 2.14. The van der Waals surface area contributed by atoms with Crippen LogP contribution in [0, 0.1) is 6.92 Å². The minimum absolute atomic E-state index is 0.188. The largest absolute Gasteiger partial charge is 0.468 e. The summed E-state index contributed by atoms with van der Waals surface area (Å²) in [6, 6.07) is 6.29. The van der Waals surface area contributed by atoms with Crippen molar-refractivity contribution in [3.8, 4) is 6.01 Å². The van der Waals surface area contributed by atoms with Crippen molar-refractivity contribution in [3.05, 3.63) is 56.5 Å². The number of rotatable bonds is 4. The predicted octanol–water partition coefficient (Wildman–Crippen LogP) is 1.36. The molecule has 0 unspecified atom stereocenters. The summed E-state index contributed by atoms with van der Waals surface area (Å²) >= 11 is 6.12. The molecule has 0 spiro atoms. The molecule has 1 heterocycles. The first-order valence-electron chi connectivity index (χ1n) is 6.13. The van der Waals surface area contributed by atoms with E-state index in [0.29, 0.717) is 21.8 Å². The second-order valence-electron chi connectivity index (χ2n) is 4.48. The maximum absolute atomic E-state index is 12.0. The lowest BCUT2D eigenvalue weighted by atomic mass is 10.1. The molecule has 0 radical (unpaired) electrons. The van der Waals surface area contributed by atoms with E-state index in [-0.39, 0.29) is 18.1 Å². The Bertz CT molecular complexity index is 756. The molecule has 1 aromatic heterocycles. The summed E-state index contributed by atoms with van der Waals surface area (Å²) in [4.78, 5) is 27.3. The first-order valence-corrected chi connectivity index (χ1v) is 6.51. The van der Waals surface area contributed by atoms with Crippen LogP contribution >= 0.6 is 11.6 Å². The molecule has 110 valence electrons. The molecule has 1 amide bonds. The summed E-state index contributed by atoms with van der Waals surface area (Å²) in [5, 5.41) is 0.348. The molecule has 6 nitrogen and oxygen atoms in total. The minimum atomic E-state index is -0.560. The van der Waals surface area contributed by atoms with E-state index in [0.717, 1.165) is 0 Å². The number of hydrogen-bond donors (Lipinski definition) is 1. The Morgan fingerprint density at radius 3 is 2.71 bits per heavy atom. The highest BCUT2D eigenvalue weighted by Crippen LogP contribution is 2.20. The molecule has 2 rings (SSSR count). The van der Waals surface area contributed by atoms with E-state index in [1.165, 1.54) is 23.8 Å². The number of carbonyl (C=O) groups is 1. The molecule has 0 aliphatic rings. The lowest BCUT2D eigenvalue weighted by Gasteiger charge is -2.12. The van der Waals surface area contributed by atoms with Crippen LogP contribution in [0.15, 0.2) is 29.1 Å². The van der Waals surface area contributed by atoms with Crippen molar-refractivity contribution in [3.63, 3.8) is 0 Å². The number of nitrogens with zero attached hydrogens (tertiary/aromatic N) is 2. The Hall–Kier alpha value is -2.34. The number of ether oxygens (including phenoxy) is 1. The third-order valence-electron chi connectivity index (χ3n) is 2.95. The van der Waals surface area contributed by atoms with Crippen LogP contribution in [0.1, 0.15) is 21.6 Å². The Kier molecular flexibility index (Phi) is 4.28. The predicted molar refractivity (Wildman–Crippen MR) is 78.9 cm³/mol. The number of methoxy groups -OCH3 is 1. The van der Waals surface area contributed by atoms with Gasteiger partial charge < -0.3 is 10.5 Å². The molecular weight excluding hydrogens is 294 g/mol. The number of primary amides is 1. The maximum Gasteiger partial charge on any atom is 0.299 e. The van der Waals surface area contributed by atoms with Crippen molar-refractivity contribution >= 4 is 17.5 Å². The molecule has 0 atom stereocenters.